The first-order chi connectivity index (χ1) is 8.17. The number of anilines is 1. The van der Waals surface area contributed by atoms with Crippen molar-refractivity contribution in [1.82, 2.24) is 5.32 Å². The molecule has 0 radical (unpaired) electrons. The van der Waals surface area contributed by atoms with Gasteiger partial charge in [-0.15, -0.1) is 0 Å². The summed E-state index contributed by atoms with van der Waals surface area (Å²) in [6, 6.07) is 6.80. The average Bonchev–Trinajstić information content (AvgIpc) is 2.33. The van der Waals surface area contributed by atoms with E-state index in [4.69, 9.17) is 10.2 Å². The molecule has 0 unspecified atom stereocenters. The second kappa shape index (κ2) is 7.39. The van der Waals surface area contributed by atoms with E-state index in [9.17, 15) is 4.79 Å². The molecule has 0 saturated carbocycles. The summed E-state index contributed by atoms with van der Waals surface area (Å²) >= 11 is 3.32. The van der Waals surface area contributed by atoms with Crippen LogP contribution in [0.15, 0.2) is 28.7 Å². The molecule has 5 nitrogen and oxygen atoms in total. The second-order valence-corrected chi connectivity index (χ2v) is 4.33. The predicted molar refractivity (Wildman–Crippen MR) is 68.7 cm³/mol. The van der Waals surface area contributed by atoms with E-state index < -0.39 is 6.04 Å². The number of carbonyl (C=O) groups is 1. The summed E-state index contributed by atoms with van der Waals surface area (Å²) < 4.78 is 0.800. The zero-order valence-electron chi connectivity index (χ0n) is 9.19. The first-order valence-corrected chi connectivity index (χ1v) is 5.96. The Morgan fingerprint density at radius 3 is 2.53 bits per heavy atom. The minimum absolute atomic E-state index is 0.0348. The van der Waals surface area contributed by atoms with Crippen LogP contribution in [0, 0.1) is 0 Å². The Kier molecular flexibility index (Phi) is 6.13. The number of benzene rings is 1. The van der Waals surface area contributed by atoms with Gasteiger partial charge in [0, 0.05) is 4.47 Å². The lowest BCUT2D eigenvalue weighted by Crippen LogP contribution is -2.40. The molecule has 0 heterocycles. The molecule has 94 valence electrons. The van der Waals surface area contributed by atoms with E-state index in [1.54, 1.807) is 6.07 Å². The minimum atomic E-state index is -0.472. The van der Waals surface area contributed by atoms with Crippen molar-refractivity contribution in [2.45, 2.75) is 6.04 Å². The van der Waals surface area contributed by atoms with E-state index in [1.807, 2.05) is 18.2 Å². The van der Waals surface area contributed by atoms with Gasteiger partial charge < -0.3 is 20.8 Å². The van der Waals surface area contributed by atoms with E-state index in [2.05, 4.69) is 26.6 Å². The van der Waals surface area contributed by atoms with Crippen LogP contribution in [0.5, 0.6) is 0 Å². The summed E-state index contributed by atoms with van der Waals surface area (Å²) in [7, 11) is 0. The average molecular weight is 303 g/mol. The normalized spacial score (nSPS) is 10.6. The monoisotopic (exact) mass is 302 g/mol. The first-order valence-electron chi connectivity index (χ1n) is 5.17. The van der Waals surface area contributed by atoms with Crippen LogP contribution in [0.3, 0.4) is 0 Å². The van der Waals surface area contributed by atoms with Crippen molar-refractivity contribution in [3.63, 3.8) is 0 Å². The molecule has 0 aliphatic heterocycles. The lowest BCUT2D eigenvalue weighted by Gasteiger charge is -2.13. The van der Waals surface area contributed by atoms with Gasteiger partial charge in [-0.3, -0.25) is 4.79 Å². The number of rotatable bonds is 6. The number of amides is 1. The van der Waals surface area contributed by atoms with Crippen molar-refractivity contribution in [3.8, 4) is 0 Å². The van der Waals surface area contributed by atoms with E-state index in [0.717, 1.165) is 4.47 Å². The van der Waals surface area contributed by atoms with Crippen LogP contribution in [0.25, 0.3) is 0 Å². The molecule has 1 rings (SSSR count). The van der Waals surface area contributed by atoms with Crippen molar-refractivity contribution in [3.05, 3.63) is 28.7 Å². The SMILES string of the molecule is O=C(CNC(CO)CO)Nc1ccccc1Br. The molecule has 0 fully saturated rings. The Hall–Kier alpha value is -0.950. The van der Waals surface area contributed by atoms with Crippen LogP contribution in [0.2, 0.25) is 0 Å². The standard InChI is InChI=1S/C11H15BrN2O3/c12-9-3-1-2-4-10(9)14-11(17)5-13-8(6-15)7-16/h1-4,8,13,15-16H,5-7H2,(H,14,17). The van der Waals surface area contributed by atoms with Crippen LogP contribution >= 0.6 is 15.9 Å². The fraction of sp³-hybridized carbons (Fsp3) is 0.364. The molecular formula is C11H15BrN2O3. The number of carbonyl (C=O) groups excluding carboxylic acids is 1. The molecule has 0 aromatic heterocycles. The number of hydrogen-bond donors (Lipinski definition) is 4. The maximum absolute atomic E-state index is 11.5. The van der Waals surface area contributed by atoms with Crippen LogP contribution in [-0.4, -0.2) is 41.9 Å². The van der Waals surface area contributed by atoms with Gasteiger partial charge in [-0.2, -0.15) is 0 Å². The number of hydrogen-bond acceptors (Lipinski definition) is 4. The molecule has 4 N–H and O–H groups in total. The quantitative estimate of drug-likeness (QED) is 0.610. The number of aliphatic hydroxyl groups excluding tert-OH is 2. The summed E-state index contributed by atoms with van der Waals surface area (Å²) in [6.07, 6.45) is 0. The van der Waals surface area contributed by atoms with E-state index in [0.29, 0.717) is 5.69 Å². The highest BCUT2D eigenvalue weighted by molar-refractivity contribution is 9.10. The highest BCUT2D eigenvalue weighted by Crippen LogP contribution is 2.20. The number of aliphatic hydroxyl groups is 2. The molecule has 0 aliphatic rings. The minimum Gasteiger partial charge on any atom is -0.395 e. The molecule has 6 heteroatoms. The Balaban J connectivity index is 2.42. The summed E-state index contributed by atoms with van der Waals surface area (Å²) in [5.41, 5.74) is 0.684. The number of nitrogens with one attached hydrogen (secondary N) is 2. The molecule has 0 saturated heterocycles. The molecule has 0 bridgehead atoms. The molecule has 0 spiro atoms. The van der Waals surface area contributed by atoms with E-state index >= 15 is 0 Å². The van der Waals surface area contributed by atoms with Crippen molar-refractivity contribution >= 4 is 27.5 Å². The molecule has 0 aliphatic carbocycles. The topological polar surface area (TPSA) is 81.6 Å². The maximum Gasteiger partial charge on any atom is 0.238 e. The number of para-hydroxylation sites is 1. The van der Waals surface area contributed by atoms with Gasteiger partial charge in [0.2, 0.25) is 5.91 Å². The van der Waals surface area contributed by atoms with Gasteiger partial charge in [0.25, 0.3) is 0 Å². The Labute approximate surface area is 108 Å². The zero-order valence-corrected chi connectivity index (χ0v) is 10.8. The van der Waals surface area contributed by atoms with Gasteiger partial charge >= 0.3 is 0 Å². The zero-order chi connectivity index (χ0) is 12.7. The molecule has 17 heavy (non-hydrogen) atoms. The fourth-order valence-corrected chi connectivity index (χ4v) is 1.56. The Bertz CT molecular complexity index is 369. The lowest BCUT2D eigenvalue weighted by atomic mass is 10.3. The van der Waals surface area contributed by atoms with E-state index in [1.165, 1.54) is 0 Å². The molecule has 1 aromatic carbocycles. The third-order valence-electron chi connectivity index (χ3n) is 2.14. The van der Waals surface area contributed by atoms with Gasteiger partial charge in [0.05, 0.1) is 31.5 Å². The van der Waals surface area contributed by atoms with Crippen molar-refractivity contribution in [2.75, 3.05) is 25.1 Å². The molecule has 1 aromatic rings. The fourth-order valence-electron chi connectivity index (χ4n) is 1.18. The van der Waals surface area contributed by atoms with Gasteiger partial charge in [0.15, 0.2) is 0 Å². The largest absolute Gasteiger partial charge is 0.395 e. The molecular weight excluding hydrogens is 288 g/mol. The predicted octanol–water partition coefficient (Wildman–Crippen LogP) is 0.330. The third-order valence-corrected chi connectivity index (χ3v) is 2.83. The summed E-state index contributed by atoms with van der Waals surface area (Å²) in [5.74, 6) is -0.233. The highest BCUT2D eigenvalue weighted by atomic mass is 79.9. The van der Waals surface area contributed by atoms with Crippen LogP contribution in [0.4, 0.5) is 5.69 Å². The molecule has 1 amide bonds. The van der Waals surface area contributed by atoms with Crippen LogP contribution < -0.4 is 10.6 Å². The maximum atomic E-state index is 11.5. The van der Waals surface area contributed by atoms with Gasteiger partial charge in [-0.05, 0) is 28.1 Å². The first kappa shape index (κ1) is 14.1. The van der Waals surface area contributed by atoms with Crippen LogP contribution in [0.1, 0.15) is 0 Å². The summed E-state index contributed by atoms with van der Waals surface area (Å²) in [4.78, 5) is 11.5. The summed E-state index contributed by atoms with van der Waals surface area (Å²) in [5, 5.41) is 23.1. The van der Waals surface area contributed by atoms with Gasteiger partial charge in [0.1, 0.15) is 0 Å². The Morgan fingerprint density at radius 1 is 1.29 bits per heavy atom. The second-order valence-electron chi connectivity index (χ2n) is 3.47. The number of halogens is 1. The van der Waals surface area contributed by atoms with Crippen LogP contribution in [-0.2, 0) is 4.79 Å². The third kappa shape index (κ3) is 4.82. The highest BCUT2D eigenvalue weighted by Gasteiger charge is 2.08. The van der Waals surface area contributed by atoms with Crippen molar-refractivity contribution in [1.29, 1.82) is 0 Å². The van der Waals surface area contributed by atoms with Crippen molar-refractivity contribution < 1.29 is 15.0 Å². The van der Waals surface area contributed by atoms with Crippen molar-refractivity contribution in [2.24, 2.45) is 0 Å². The molecule has 0 atom stereocenters. The Morgan fingerprint density at radius 2 is 1.94 bits per heavy atom. The smallest absolute Gasteiger partial charge is 0.238 e. The van der Waals surface area contributed by atoms with Gasteiger partial charge in [-0.25, -0.2) is 0 Å². The van der Waals surface area contributed by atoms with E-state index in [-0.39, 0.29) is 25.7 Å². The van der Waals surface area contributed by atoms with Gasteiger partial charge in [-0.1, -0.05) is 12.1 Å². The lowest BCUT2D eigenvalue weighted by molar-refractivity contribution is -0.115. The summed E-state index contributed by atoms with van der Waals surface area (Å²) in [6.45, 7) is -0.384.